The average molecular weight is 391 g/mol. The quantitative estimate of drug-likeness (QED) is 0.736. The molecule has 1 aliphatic rings. The van der Waals surface area contributed by atoms with Gasteiger partial charge < -0.3 is 9.84 Å². The van der Waals surface area contributed by atoms with E-state index in [-0.39, 0.29) is 17.7 Å². The molecular weight excluding hydrogens is 375 g/mol. The van der Waals surface area contributed by atoms with Crippen LogP contribution in [0.3, 0.4) is 0 Å². The van der Waals surface area contributed by atoms with E-state index in [0.717, 1.165) is 5.56 Å². The highest BCUT2D eigenvalue weighted by Gasteiger charge is 2.31. The van der Waals surface area contributed by atoms with E-state index in [2.05, 4.69) is 0 Å². The molecule has 0 unspecified atom stereocenters. The highest BCUT2D eigenvalue weighted by molar-refractivity contribution is 6.34. The third kappa shape index (κ3) is 3.14. The molecule has 0 aliphatic carbocycles. The van der Waals surface area contributed by atoms with Gasteiger partial charge in [0.2, 0.25) is 5.88 Å². The van der Waals surface area contributed by atoms with Gasteiger partial charge in [0.25, 0.3) is 0 Å². The molecule has 0 bridgehead atoms. The van der Waals surface area contributed by atoms with Gasteiger partial charge in [0.15, 0.2) is 0 Å². The first-order valence-corrected chi connectivity index (χ1v) is 8.94. The number of hydrogen-bond acceptors (Lipinski definition) is 3. The molecule has 1 atom stereocenters. The number of aromatic hydroxyl groups is 1. The molecule has 0 saturated carbocycles. The number of hydrogen-bond donors (Lipinski definition) is 1. The topological polar surface area (TPSA) is 56.4 Å². The Balaban J connectivity index is 1.57. The maximum atomic E-state index is 12.7. The summed E-state index contributed by atoms with van der Waals surface area (Å²) in [6, 6.07) is 14.6. The van der Waals surface area contributed by atoms with E-state index in [1.54, 1.807) is 22.8 Å². The lowest BCUT2D eigenvalue weighted by atomic mass is 10.2. The molecule has 1 aliphatic heterocycles. The Bertz CT molecular complexity index is 991. The first-order chi connectivity index (χ1) is 12.5. The Kier molecular flexibility index (Phi) is 4.53. The van der Waals surface area contributed by atoms with Gasteiger partial charge in [-0.05, 0) is 23.8 Å². The van der Waals surface area contributed by atoms with Crippen LogP contribution < -0.4 is 5.69 Å². The zero-order valence-electron chi connectivity index (χ0n) is 13.7. The number of imidazole rings is 1. The zero-order chi connectivity index (χ0) is 18.3. The van der Waals surface area contributed by atoms with Gasteiger partial charge in [0, 0.05) is 16.5 Å². The fraction of sp³-hybridized carbons (Fsp3) is 0.211. The molecule has 4 rings (SSSR count). The van der Waals surface area contributed by atoms with Crippen LogP contribution in [0.15, 0.2) is 53.3 Å². The SMILES string of the molecule is O=c1n2c(c(O)n1-c1cc(Cl)cc(Cl)c1)C[C@H](OCc1ccccc1)C2. The van der Waals surface area contributed by atoms with E-state index in [0.29, 0.717) is 41.0 Å². The van der Waals surface area contributed by atoms with E-state index in [1.807, 2.05) is 30.3 Å². The van der Waals surface area contributed by atoms with Crippen molar-refractivity contribution in [1.82, 2.24) is 9.13 Å². The number of aromatic nitrogens is 2. The Morgan fingerprint density at radius 1 is 1.12 bits per heavy atom. The third-order valence-electron chi connectivity index (χ3n) is 4.46. The summed E-state index contributed by atoms with van der Waals surface area (Å²) >= 11 is 12.0. The maximum Gasteiger partial charge on any atom is 0.336 e. The van der Waals surface area contributed by atoms with Gasteiger partial charge >= 0.3 is 5.69 Å². The monoisotopic (exact) mass is 390 g/mol. The number of nitrogens with zero attached hydrogens (tertiary/aromatic N) is 2. The van der Waals surface area contributed by atoms with Gasteiger partial charge in [-0.25, -0.2) is 9.36 Å². The first kappa shape index (κ1) is 17.2. The fourth-order valence-corrected chi connectivity index (χ4v) is 3.77. The Hall–Kier alpha value is -2.21. The second kappa shape index (κ2) is 6.83. The van der Waals surface area contributed by atoms with Gasteiger partial charge in [-0.1, -0.05) is 53.5 Å². The lowest BCUT2D eigenvalue weighted by Crippen LogP contribution is -2.26. The van der Waals surface area contributed by atoms with Crippen molar-refractivity contribution in [3.05, 3.63) is 80.3 Å². The third-order valence-corrected chi connectivity index (χ3v) is 4.90. The van der Waals surface area contributed by atoms with Crippen LogP contribution in [0.4, 0.5) is 0 Å². The predicted molar refractivity (Wildman–Crippen MR) is 100 cm³/mol. The van der Waals surface area contributed by atoms with Crippen molar-refractivity contribution in [2.75, 3.05) is 0 Å². The standard InChI is InChI=1S/C19H16Cl2N2O3/c20-13-6-14(21)8-15(7-13)23-18(24)17-9-16(10-22(17)19(23)25)26-11-12-4-2-1-3-5-12/h1-8,16,24H,9-11H2/t16-/m0/s1. The zero-order valence-corrected chi connectivity index (χ0v) is 15.2. The summed E-state index contributed by atoms with van der Waals surface area (Å²) in [6.07, 6.45) is 0.316. The van der Waals surface area contributed by atoms with E-state index < -0.39 is 0 Å². The summed E-state index contributed by atoms with van der Waals surface area (Å²) in [4.78, 5) is 12.7. The maximum absolute atomic E-state index is 12.7. The Labute approximate surface area is 160 Å². The molecule has 1 aromatic heterocycles. The van der Waals surface area contributed by atoms with Crippen LogP contribution in [0.1, 0.15) is 11.3 Å². The van der Waals surface area contributed by atoms with Crippen LogP contribution in [-0.4, -0.2) is 20.3 Å². The highest BCUT2D eigenvalue weighted by atomic mass is 35.5. The molecule has 7 heteroatoms. The second-order valence-electron chi connectivity index (χ2n) is 6.25. The number of rotatable bonds is 4. The van der Waals surface area contributed by atoms with Crippen LogP contribution in [-0.2, 0) is 24.3 Å². The molecule has 0 fully saturated rings. The van der Waals surface area contributed by atoms with Crippen LogP contribution in [0.5, 0.6) is 5.88 Å². The second-order valence-corrected chi connectivity index (χ2v) is 7.12. The number of ether oxygens (including phenoxy) is 1. The average Bonchev–Trinajstić information content (AvgIpc) is 3.13. The van der Waals surface area contributed by atoms with Crippen molar-refractivity contribution < 1.29 is 9.84 Å². The summed E-state index contributed by atoms with van der Waals surface area (Å²) in [7, 11) is 0. The largest absolute Gasteiger partial charge is 0.493 e. The lowest BCUT2D eigenvalue weighted by Gasteiger charge is -2.12. The Morgan fingerprint density at radius 3 is 2.46 bits per heavy atom. The lowest BCUT2D eigenvalue weighted by molar-refractivity contribution is 0.0409. The van der Waals surface area contributed by atoms with Crippen molar-refractivity contribution in [2.24, 2.45) is 0 Å². The molecule has 2 heterocycles. The molecule has 0 spiro atoms. The molecule has 0 amide bonds. The minimum absolute atomic E-state index is 0.0980. The van der Waals surface area contributed by atoms with Gasteiger partial charge in [0.1, 0.15) is 0 Å². The predicted octanol–water partition coefficient (Wildman–Crippen LogP) is 3.79. The molecular formula is C19H16Cl2N2O3. The molecule has 0 radical (unpaired) electrons. The molecule has 1 N–H and O–H groups in total. The van der Waals surface area contributed by atoms with E-state index >= 15 is 0 Å². The molecule has 134 valence electrons. The van der Waals surface area contributed by atoms with Gasteiger partial charge in [-0.15, -0.1) is 0 Å². The normalized spacial score (nSPS) is 16.0. The van der Waals surface area contributed by atoms with Gasteiger partial charge in [0.05, 0.1) is 30.6 Å². The van der Waals surface area contributed by atoms with Crippen LogP contribution >= 0.6 is 23.2 Å². The fourth-order valence-electron chi connectivity index (χ4n) is 3.25. The van der Waals surface area contributed by atoms with Crippen molar-refractivity contribution in [3.63, 3.8) is 0 Å². The van der Waals surface area contributed by atoms with Crippen LogP contribution in [0.25, 0.3) is 5.69 Å². The summed E-state index contributed by atoms with van der Waals surface area (Å²) in [5.41, 5.74) is 1.73. The number of halogens is 2. The summed E-state index contributed by atoms with van der Waals surface area (Å²) in [6.45, 7) is 0.866. The summed E-state index contributed by atoms with van der Waals surface area (Å²) in [5, 5.41) is 11.4. The van der Waals surface area contributed by atoms with Crippen molar-refractivity contribution in [1.29, 1.82) is 0 Å². The molecule has 2 aromatic carbocycles. The minimum Gasteiger partial charge on any atom is -0.493 e. The molecule has 3 aromatic rings. The molecule has 5 nitrogen and oxygen atoms in total. The van der Waals surface area contributed by atoms with Crippen molar-refractivity contribution in [3.8, 4) is 11.6 Å². The number of fused-ring (bicyclic) bond motifs is 1. The number of benzene rings is 2. The highest BCUT2D eigenvalue weighted by Crippen LogP contribution is 2.30. The van der Waals surface area contributed by atoms with Crippen LogP contribution in [0.2, 0.25) is 10.0 Å². The van der Waals surface area contributed by atoms with E-state index in [9.17, 15) is 9.90 Å². The van der Waals surface area contributed by atoms with E-state index in [1.165, 1.54) is 4.57 Å². The minimum atomic E-state index is -0.332. The van der Waals surface area contributed by atoms with Crippen LogP contribution in [0, 0.1) is 0 Å². The molecule has 26 heavy (non-hydrogen) atoms. The Morgan fingerprint density at radius 2 is 1.81 bits per heavy atom. The summed E-state index contributed by atoms with van der Waals surface area (Å²) in [5.74, 6) is -0.0980. The van der Waals surface area contributed by atoms with Crippen molar-refractivity contribution >= 4 is 23.2 Å². The van der Waals surface area contributed by atoms with Gasteiger partial charge in [-0.2, -0.15) is 0 Å². The molecule has 0 saturated heterocycles. The smallest absolute Gasteiger partial charge is 0.336 e. The van der Waals surface area contributed by atoms with Crippen molar-refractivity contribution in [2.45, 2.75) is 25.7 Å². The van der Waals surface area contributed by atoms with Gasteiger partial charge in [-0.3, -0.25) is 4.57 Å². The summed E-state index contributed by atoms with van der Waals surface area (Å²) < 4.78 is 8.67. The van der Waals surface area contributed by atoms with E-state index in [4.69, 9.17) is 27.9 Å². The first-order valence-electron chi connectivity index (χ1n) is 8.18.